The van der Waals surface area contributed by atoms with Crippen LogP contribution in [-0.2, 0) is 0 Å². The average Bonchev–Trinajstić information content (AvgIpc) is 2.24. The molecule has 0 bridgehead atoms. The van der Waals surface area contributed by atoms with Gasteiger partial charge in [-0.3, -0.25) is 10.1 Å². The van der Waals surface area contributed by atoms with Crippen LogP contribution in [0.2, 0.25) is 0 Å². The van der Waals surface area contributed by atoms with E-state index in [2.05, 4.69) is 11.8 Å². The van der Waals surface area contributed by atoms with Crippen LogP contribution < -0.4 is 4.74 Å². The summed E-state index contributed by atoms with van der Waals surface area (Å²) in [6.45, 7) is 2.05. The molecule has 1 aromatic rings. The van der Waals surface area contributed by atoms with Crippen molar-refractivity contribution in [2.45, 2.75) is 13.3 Å². The van der Waals surface area contributed by atoms with Gasteiger partial charge in [0.05, 0.1) is 11.5 Å². The molecule has 0 heterocycles. The van der Waals surface area contributed by atoms with E-state index in [1.54, 1.807) is 6.92 Å². The first kappa shape index (κ1) is 12.0. The lowest BCUT2D eigenvalue weighted by Gasteiger charge is -2.03. The molecule has 0 unspecified atom stereocenters. The quantitative estimate of drug-likeness (QED) is 0.341. The summed E-state index contributed by atoms with van der Waals surface area (Å²) < 4.78 is 18.3. The number of ether oxygens (including phenoxy) is 1. The highest BCUT2D eigenvalue weighted by Gasteiger charge is 2.13. The number of benzene rings is 1. The minimum atomic E-state index is -0.899. The van der Waals surface area contributed by atoms with Crippen LogP contribution in [-0.4, -0.2) is 11.5 Å². The first-order chi connectivity index (χ1) is 7.65. The Morgan fingerprint density at radius 2 is 2.31 bits per heavy atom. The SMILES string of the molecule is CC#CCCOc1ccc([N+](=O)[O-])c(F)c1. The summed E-state index contributed by atoms with van der Waals surface area (Å²) in [6, 6.07) is 3.44. The van der Waals surface area contributed by atoms with Crippen LogP contribution in [0.5, 0.6) is 5.75 Å². The second kappa shape index (κ2) is 5.71. The van der Waals surface area contributed by atoms with Gasteiger partial charge in [0.1, 0.15) is 5.75 Å². The highest BCUT2D eigenvalue weighted by Crippen LogP contribution is 2.22. The summed E-state index contributed by atoms with van der Waals surface area (Å²) in [4.78, 5) is 9.56. The Hall–Kier alpha value is -2.09. The lowest BCUT2D eigenvalue weighted by molar-refractivity contribution is -0.387. The molecule has 0 aromatic heterocycles. The van der Waals surface area contributed by atoms with E-state index in [1.165, 1.54) is 6.07 Å². The lowest BCUT2D eigenvalue weighted by atomic mass is 10.3. The summed E-state index contributed by atoms with van der Waals surface area (Å²) in [5, 5.41) is 10.3. The Labute approximate surface area is 92.2 Å². The summed E-state index contributed by atoms with van der Waals surface area (Å²) in [5.74, 6) is 4.85. The van der Waals surface area contributed by atoms with Crippen molar-refractivity contribution in [3.63, 3.8) is 0 Å². The van der Waals surface area contributed by atoms with Crippen LogP contribution in [0, 0.1) is 27.8 Å². The lowest BCUT2D eigenvalue weighted by Crippen LogP contribution is -1.98. The van der Waals surface area contributed by atoms with Crippen LogP contribution in [0.15, 0.2) is 18.2 Å². The number of hydrogen-bond donors (Lipinski definition) is 0. The minimum Gasteiger partial charge on any atom is -0.492 e. The molecule has 0 saturated carbocycles. The zero-order valence-electron chi connectivity index (χ0n) is 8.70. The van der Waals surface area contributed by atoms with Gasteiger partial charge in [0.25, 0.3) is 0 Å². The molecule has 0 spiro atoms. The zero-order valence-corrected chi connectivity index (χ0v) is 8.70. The molecule has 0 atom stereocenters. The second-order valence-corrected chi connectivity index (χ2v) is 2.90. The zero-order chi connectivity index (χ0) is 12.0. The van der Waals surface area contributed by atoms with Crippen molar-refractivity contribution in [2.24, 2.45) is 0 Å². The highest BCUT2D eigenvalue weighted by molar-refractivity contribution is 5.37. The third-order valence-electron chi connectivity index (χ3n) is 1.79. The van der Waals surface area contributed by atoms with Gasteiger partial charge in [0.15, 0.2) is 0 Å². The normalized spacial score (nSPS) is 9.12. The predicted octanol–water partition coefficient (Wildman–Crippen LogP) is 2.53. The van der Waals surface area contributed by atoms with Crippen molar-refractivity contribution in [2.75, 3.05) is 6.61 Å². The molecule has 0 aliphatic heterocycles. The van der Waals surface area contributed by atoms with Crippen LogP contribution in [0.3, 0.4) is 0 Å². The van der Waals surface area contributed by atoms with Crippen LogP contribution in [0.4, 0.5) is 10.1 Å². The molecule has 84 valence electrons. The third-order valence-corrected chi connectivity index (χ3v) is 1.79. The molecule has 16 heavy (non-hydrogen) atoms. The van der Waals surface area contributed by atoms with Crippen molar-refractivity contribution >= 4 is 5.69 Å². The molecule has 0 radical (unpaired) electrons. The fourth-order valence-corrected chi connectivity index (χ4v) is 1.07. The van der Waals surface area contributed by atoms with Crippen molar-refractivity contribution in [1.82, 2.24) is 0 Å². The third kappa shape index (κ3) is 3.24. The van der Waals surface area contributed by atoms with Gasteiger partial charge in [-0.1, -0.05) is 0 Å². The average molecular weight is 223 g/mol. The largest absolute Gasteiger partial charge is 0.492 e. The Kier molecular flexibility index (Phi) is 4.28. The minimum absolute atomic E-state index is 0.265. The van der Waals surface area contributed by atoms with Gasteiger partial charge < -0.3 is 4.74 Å². The van der Waals surface area contributed by atoms with E-state index in [1.807, 2.05) is 0 Å². The molecule has 0 fully saturated rings. The van der Waals surface area contributed by atoms with Gasteiger partial charge in [-0.05, 0) is 13.0 Å². The Morgan fingerprint density at radius 1 is 1.56 bits per heavy atom. The molecular formula is C11H10FNO3. The monoisotopic (exact) mass is 223 g/mol. The molecule has 0 aliphatic rings. The topological polar surface area (TPSA) is 52.4 Å². The van der Waals surface area contributed by atoms with Crippen LogP contribution in [0.1, 0.15) is 13.3 Å². The maximum atomic E-state index is 13.1. The van der Waals surface area contributed by atoms with E-state index < -0.39 is 16.4 Å². The fraction of sp³-hybridized carbons (Fsp3) is 0.273. The molecule has 5 heteroatoms. The van der Waals surface area contributed by atoms with Gasteiger partial charge in [0.2, 0.25) is 5.82 Å². The first-order valence-electron chi connectivity index (χ1n) is 4.61. The smallest absolute Gasteiger partial charge is 0.305 e. The van der Waals surface area contributed by atoms with Crippen molar-refractivity contribution < 1.29 is 14.1 Å². The Morgan fingerprint density at radius 3 is 2.88 bits per heavy atom. The highest BCUT2D eigenvalue weighted by atomic mass is 19.1. The summed E-state index contributed by atoms with van der Waals surface area (Å²) in [6.07, 6.45) is 0.537. The molecule has 0 amide bonds. The molecule has 0 N–H and O–H groups in total. The van der Waals surface area contributed by atoms with Crippen molar-refractivity contribution in [3.05, 3.63) is 34.1 Å². The number of nitro groups is 1. The molecule has 1 rings (SSSR count). The molecule has 4 nitrogen and oxygen atoms in total. The molecule has 0 saturated heterocycles. The van der Waals surface area contributed by atoms with E-state index in [0.29, 0.717) is 13.0 Å². The number of halogens is 1. The maximum Gasteiger partial charge on any atom is 0.305 e. The van der Waals surface area contributed by atoms with Crippen LogP contribution in [0.25, 0.3) is 0 Å². The maximum absolute atomic E-state index is 13.1. The van der Waals surface area contributed by atoms with Gasteiger partial charge in [-0.25, -0.2) is 0 Å². The summed E-state index contributed by atoms with van der Waals surface area (Å²) in [5.41, 5.74) is -0.555. The molecular weight excluding hydrogens is 213 g/mol. The standard InChI is InChI=1S/C11H10FNO3/c1-2-3-4-7-16-9-5-6-11(13(14)15)10(12)8-9/h5-6,8H,4,7H2,1H3. The van der Waals surface area contributed by atoms with Gasteiger partial charge in [-0.2, -0.15) is 4.39 Å². The second-order valence-electron chi connectivity index (χ2n) is 2.90. The summed E-state index contributed by atoms with van der Waals surface area (Å²) >= 11 is 0. The fourth-order valence-electron chi connectivity index (χ4n) is 1.07. The Bertz CT molecular complexity index is 448. The van der Waals surface area contributed by atoms with E-state index >= 15 is 0 Å². The van der Waals surface area contributed by atoms with Gasteiger partial charge >= 0.3 is 5.69 Å². The van der Waals surface area contributed by atoms with Crippen molar-refractivity contribution in [1.29, 1.82) is 0 Å². The van der Waals surface area contributed by atoms with E-state index in [9.17, 15) is 14.5 Å². The van der Waals surface area contributed by atoms with E-state index in [0.717, 1.165) is 12.1 Å². The van der Waals surface area contributed by atoms with E-state index in [4.69, 9.17) is 4.74 Å². The first-order valence-corrected chi connectivity index (χ1v) is 4.61. The molecule has 0 aliphatic carbocycles. The molecule has 1 aromatic carbocycles. The van der Waals surface area contributed by atoms with Crippen LogP contribution >= 0.6 is 0 Å². The number of rotatable bonds is 4. The number of nitrogens with zero attached hydrogens (tertiary/aromatic N) is 1. The van der Waals surface area contributed by atoms with Gasteiger partial charge in [-0.15, -0.1) is 11.8 Å². The number of nitro benzene ring substituents is 1. The number of hydrogen-bond acceptors (Lipinski definition) is 3. The van der Waals surface area contributed by atoms with Gasteiger partial charge in [0, 0.05) is 18.6 Å². The predicted molar refractivity (Wildman–Crippen MR) is 56.6 cm³/mol. The summed E-state index contributed by atoms with van der Waals surface area (Å²) in [7, 11) is 0. The Balaban J connectivity index is 2.65. The van der Waals surface area contributed by atoms with E-state index in [-0.39, 0.29) is 5.75 Å². The van der Waals surface area contributed by atoms with Crippen molar-refractivity contribution in [3.8, 4) is 17.6 Å².